The van der Waals surface area contributed by atoms with E-state index >= 15 is 0 Å². The van der Waals surface area contributed by atoms with Crippen LogP contribution in [0.15, 0.2) is 0 Å². The molecule has 0 saturated carbocycles. The van der Waals surface area contributed by atoms with Crippen LogP contribution in [0.2, 0.25) is 0 Å². The maximum atomic E-state index is 2.40. The van der Waals surface area contributed by atoms with Gasteiger partial charge in [-0.1, -0.05) is 0 Å². The summed E-state index contributed by atoms with van der Waals surface area (Å²) in [7, 11) is -0.391. The van der Waals surface area contributed by atoms with Crippen LogP contribution in [0.4, 0.5) is 0 Å². The van der Waals surface area contributed by atoms with Crippen molar-refractivity contribution in [1.29, 1.82) is 0 Å². The Morgan fingerprint density at radius 1 is 0.579 bits per heavy atom. The minimum Gasteiger partial charge on any atom is -1.00 e. The summed E-state index contributed by atoms with van der Waals surface area (Å²) in [5, 5.41) is 1.46. The van der Waals surface area contributed by atoms with Crippen LogP contribution in [0, 0.1) is 5.92 Å². The van der Waals surface area contributed by atoms with Gasteiger partial charge in [0.1, 0.15) is 0 Å². The van der Waals surface area contributed by atoms with E-state index in [1.54, 1.807) is 0 Å². The van der Waals surface area contributed by atoms with E-state index in [1.165, 1.54) is 5.92 Å². The van der Waals surface area contributed by atoms with E-state index in [4.69, 9.17) is 0 Å². The Hall–Kier alpha value is 1.38. The predicted molar refractivity (Wildman–Crippen MR) is 87.8 cm³/mol. The van der Waals surface area contributed by atoms with Crippen molar-refractivity contribution >= 4 is 7.92 Å². The summed E-state index contributed by atoms with van der Waals surface area (Å²) in [6.45, 7) is 27.9. The molecule has 19 heavy (non-hydrogen) atoms. The Morgan fingerprint density at radius 2 is 0.684 bits per heavy atom. The Balaban J connectivity index is -0.000000165. The molecule has 3 heteroatoms. The monoisotopic (exact) mass is 401 g/mol. The first kappa shape index (κ1) is 28.5. The molecule has 0 atom stereocenters. The molecular weight excluding hydrogens is 365 g/mol. The van der Waals surface area contributed by atoms with Gasteiger partial charge in [-0.25, -0.2) is 0 Å². The zero-order valence-electron chi connectivity index (χ0n) is 15.2. The predicted octanol–water partition coefficient (Wildman–Crippen LogP) is 3.22. The van der Waals surface area contributed by atoms with Gasteiger partial charge in [-0.2, -0.15) is 20.8 Å². The zero-order valence-corrected chi connectivity index (χ0v) is 18.5. The van der Waals surface area contributed by atoms with Gasteiger partial charge in [-0.3, -0.25) is 0 Å². The SMILES string of the molecule is CC(C)(C)[PH+](C(C)(C)C)C(C)(C)C.C[C-](C)C.[Cl-].[Pd+2]. The van der Waals surface area contributed by atoms with E-state index in [1.807, 2.05) is 0 Å². The molecule has 0 aliphatic heterocycles. The first-order valence-corrected chi connectivity index (χ1v) is 8.25. The molecule has 0 N–H and O–H groups in total. The maximum absolute atomic E-state index is 2.40. The fourth-order valence-corrected chi connectivity index (χ4v) is 10.1. The number of rotatable bonds is 0. The minimum absolute atomic E-state index is 0. The van der Waals surface area contributed by atoms with Crippen molar-refractivity contribution < 1.29 is 32.8 Å². The average molecular weight is 402 g/mol. The molecule has 0 fully saturated rings. The Kier molecular flexibility index (Phi) is 15.3. The molecular formula is C16H37ClPPd+. The van der Waals surface area contributed by atoms with Crippen LogP contribution in [0.3, 0.4) is 0 Å². The van der Waals surface area contributed by atoms with Gasteiger partial charge < -0.3 is 18.3 Å². The molecule has 0 aliphatic carbocycles. The molecule has 0 heterocycles. The van der Waals surface area contributed by atoms with Crippen molar-refractivity contribution in [2.24, 2.45) is 0 Å². The summed E-state index contributed by atoms with van der Waals surface area (Å²) >= 11 is 0. The van der Waals surface area contributed by atoms with Crippen LogP contribution in [0.5, 0.6) is 0 Å². The molecule has 0 aliphatic rings. The molecule has 0 radical (unpaired) electrons. The summed E-state index contributed by atoms with van der Waals surface area (Å²) < 4.78 is 0. The van der Waals surface area contributed by atoms with E-state index in [-0.39, 0.29) is 32.8 Å². The van der Waals surface area contributed by atoms with Gasteiger partial charge in [0.05, 0.1) is 15.5 Å². The number of halogens is 1. The fourth-order valence-electron chi connectivity index (χ4n) is 3.38. The van der Waals surface area contributed by atoms with Gasteiger partial charge in [0.2, 0.25) is 0 Å². The summed E-state index contributed by atoms with van der Waals surface area (Å²) in [5.41, 5.74) is 0. The van der Waals surface area contributed by atoms with E-state index in [2.05, 4.69) is 83.1 Å². The van der Waals surface area contributed by atoms with Crippen LogP contribution >= 0.6 is 7.92 Å². The summed E-state index contributed by atoms with van der Waals surface area (Å²) in [6, 6.07) is 0. The smallest absolute Gasteiger partial charge is 1.00 e. The number of hydrogen-bond donors (Lipinski definition) is 0. The third-order valence-electron chi connectivity index (χ3n) is 2.25. The molecule has 0 unspecified atom stereocenters. The quantitative estimate of drug-likeness (QED) is 0.332. The standard InChI is InChI=1S/C12H27P.C4H9.ClH.Pd/c1-10(2,3)13(11(4,5)6)12(7,8)9;1-4(2)3;;/h1-9H3;1-3H3;1H;/q;-1;;+2. The molecule has 0 aromatic heterocycles. The molecule has 0 saturated heterocycles. The van der Waals surface area contributed by atoms with Crippen LogP contribution in [-0.4, -0.2) is 15.5 Å². The van der Waals surface area contributed by atoms with Crippen LogP contribution in [0.25, 0.3) is 0 Å². The average Bonchev–Trinajstić information content (AvgIpc) is 1.69. The second-order valence-electron chi connectivity index (χ2n) is 8.62. The normalized spacial score (nSPS) is 12.3. The van der Waals surface area contributed by atoms with Crippen LogP contribution < -0.4 is 12.4 Å². The second kappa shape index (κ2) is 10.2. The Morgan fingerprint density at radius 3 is 0.684 bits per heavy atom. The second-order valence-corrected chi connectivity index (χ2v) is 13.9. The summed E-state index contributed by atoms with van der Waals surface area (Å²) in [5.74, 6) is 1.42. The van der Waals surface area contributed by atoms with Crippen LogP contribution in [-0.2, 0) is 20.4 Å². The first-order chi connectivity index (χ1) is 7.10. The molecule has 0 rings (SSSR count). The summed E-state index contributed by atoms with van der Waals surface area (Å²) in [6.07, 6.45) is 0. The third-order valence-corrected chi connectivity index (χ3v) is 6.75. The van der Waals surface area contributed by atoms with Crippen molar-refractivity contribution in [3.63, 3.8) is 0 Å². The zero-order chi connectivity index (χ0) is 14.7. The molecule has 0 aromatic carbocycles. The van der Waals surface area contributed by atoms with Crippen molar-refractivity contribution in [1.82, 2.24) is 0 Å². The van der Waals surface area contributed by atoms with Gasteiger partial charge in [0, 0.05) is 7.92 Å². The molecule has 122 valence electrons. The van der Waals surface area contributed by atoms with E-state index < -0.39 is 7.92 Å². The first-order valence-electron chi connectivity index (χ1n) is 6.75. The third kappa shape index (κ3) is 15.6. The Labute approximate surface area is 145 Å². The minimum atomic E-state index is -0.391. The fraction of sp³-hybridized carbons (Fsp3) is 0.938. The van der Waals surface area contributed by atoms with Crippen LogP contribution in [0.1, 0.15) is 83.1 Å². The molecule has 0 amide bonds. The van der Waals surface area contributed by atoms with E-state index in [0.717, 1.165) is 0 Å². The molecule has 0 nitrogen and oxygen atoms in total. The van der Waals surface area contributed by atoms with Crippen molar-refractivity contribution in [3.8, 4) is 0 Å². The van der Waals surface area contributed by atoms with Gasteiger partial charge in [-0.05, 0) is 62.3 Å². The molecule has 0 bridgehead atoms. The van der Waals surface area contributed by atoms with Gasteiger partial charge in [0.25, 0.3) is 0 Å². The van der Waals surface area contributed by atoms with Crippen molar-refractivity contribution in [3.05, 3.63) is 5.92 Å². The Bertz CT molecular complexity index is 170. The van der Waals surface area contributed by atoms with Crippen molar-refractivity contribution in [2.75, 3.05) is 0 Å². The molecule has 0 spiro atoms. The van der Waals surface area contributed by atoms with Gasteiger partial charge >= 0.3 is 20.4 Å². The van der Waals surface area contributed by atoms with Crippen molar-refractivity contribution in [2.45, 2.75) is 98.6 Å². The van der Waals surface area contributed by atoms with E-state index in [9.17, 15) is 0 Å². The van der Waals surface area contributed by atoms with E-state index in [0.29, 0.717) is 15.5 Å². The topological polar surface area (TPSA) is 0 Å². The summed E-state index contributed by atoms with van der Waals surface area (Å²) in [4.78, 5) is 0. The van der Waals surface area contributed by atoms with Gasteiger partial charge in [0.15, 0.2) is 0 Å². The van der Waals surface area contributed by atoms with Gasteiger partial charge in [-0.15, -0.1) is 0 Å². The maximum Gasteiger partial charge on any atom is 2.00 e. The largest absolute Gasteiger partial charge is 2.00 e. The molecule has 0 aromatic rings. The number of hydrogen-bond acceptors (Lipinski definition) is 0.